The van der Waals surface area contributed by atoms with Crippen LogP contribution >= 0.6 is 0 Å². The number of ether oxygens (including phenoxy) is 1. The van der Waals surface area contributed by atoms with Gasteiger partial charge in [0.05, 0.1) is 24.7 Å². The Morgan fingerprint density at radius 1 is 1.32 bits per heavy atom. The van der Waals surface area contributed by atoms with E-state index in [2.05, 4.69) is 13.8 Å². The fourth-order valence-electron chi connectivity index (χ4n) is 2.60. The first-order valence-corrected chi connectivity index (χ1v) is 9.74. The molecular weight excluding hydrogens is 304 g/mol. The lowest BCUT2D eigenvalue weighted by Crippen LogP contribution is -2.47. The van der Waals surface area contributed by atoms with Crippen molar-refractivity contribution in [2.75, 3.05) is 51.9 Å². The number of likely N-dealkylation sites (N-methyl/N-ethyl adjacent to an activating group) is 1. The molecule has 22 heavy (non-hydrogen) atoms. The molecule has 0 N–H and O–H groups in total. The molecule has 7 heteroatoms. The van der Waals surface area contributed by atoms with Gasteiger partial charge in [-0.3, -0.25) is 9.69 Å². The van der Waals surface area contributed by atoms with E-state index < -0.39 is 9.84 Å². The largest absolute Gasteiger partial charge is 0.383 e. The van der Waals surface area contributed by atoms with Gasteiger partial charge in [0, 0.05) is 19.7 Å². The number of sulfone groups is 1. The van der Waals surface area contributed by atoms with Crippen LogP contribution in [0, 0.1) is 5.92 Å². The number of methoxy groups -OCH3 is 1. The topological polar surface area (TPSA) is 66.9 Å². The van der Waals surface area contributed by atoms with Gasteiger partial charge in [0.15, 0.2) is 9.84 Å². The lowest BCUT2D eigenvalue weighted by Gasteiger charge is -2.30. The van der Waals surface area contributed by atoms with Crippen LogP contribution in [0.15, 0.2) is 0 Å². The van der Waals surface area contributed by atoms with Gasteiger partial charge in [-0.1, -0.05) is 13.8 Å². The summed E-state index contributed by atoms with van der Waals surface area (Å²) in [6, 6.07) is -0.203. The average Bonchev–Trinajstić information content (AvgIpc) is 2.77. The fraction of sp³-hybridized carbons (Fsp3) is 0.933. The van der Waals surface area contributed by atoms with Crippen LogP contribution in [-0.2, 0) is 19.4 Å². The number of hydrogen-bond donors (Lipinski definition) is 0. The number of amides is 1. The molecule has 0 spiro atoms. The highest BCUT2D eigenvalue weighted by Gasteiger charge is 2.34. The second-order valence-corrected chi connectivity index (χ2v) is 8.79. The van der Waals surface area contributed by atoms with Crippen LogP contribution in [0.1, 0.15) is 26.7 Å². The number of carbonyl (C=O) groups is 1. The second kappa shape index (κ2) is 8.84. The van der Waals surface area contributed by atoms with Crippen molar-refractivity contribution in [3.8, 4) is 0 Å². The van der Waals surface area contributed by atoms with E-state index >= 15 is 0 Å². The molecule has 1 aliphatic heterocycles. The molecule has 0 aromatic heterocycles. The summed E-state index contributed by atoms with van der Waals surface area (Å²) in [5, 5.41) is 0. The van der Waals surface area contributed by atoms with E-state index in [9.17, 15) is 13.2 Å². The Morgan fingerprint density at radius 2 is 2.00 bits per heavy atom. The Hall–Kier alpha value is -0.660. The Kier molecular flexibility index (Phi) is 7.79. The van der Waals surface area contributed by atoms with Gasteiger partial charge in [0.2, 0.25) is 5.91 Å². The highest BCUT2D eigenvalue weighted by atomic mass is 32.2. The molecule has 1 atom stereocenters. The van der Waals surface area contributed by atoms with Crippen LogP contribution in [0.5, 0.6) is 0 Å². The molecule has 1 unspecified atom stereocenters. The minimum Gasteiger partial charge on any atom is -0.383 e. The van der Waals surface area contributed by atoms with E-state index in [0.717, 1.165) is 13.0 Å². The van der Waals surface area contributed by atoms with Crippen LogP contribution in [0.3, 0.4) is 0 Å². The van der Waals surface area contributed by atoms with E-state index in [4.69, 9.17) is 4.74 Å². The maximum absolute atomic E-state index is 12.5. The molecule has 1 rings (SSSR count). The maximum Gasteiger partial charge on any atom is 0.237 e. The van der Waals surface area contributed by atoms with Crippen molar-refractivity contribution in [1.82, 2.24) is 9.80 Å². The minimum absolute atomic E-state index is 0.00888. The van der Waals surface area contributed by atoms with Crippen molar-refractivity contribution in [3.63, 3.8) is 0 Å². The Bertz CT molecular complexity index is 450. The average molecular weight is 334 g/mol. The van der Waals surface area contributed by atoms with Crippen LogP contribution in [0.2, 0.25) is 0 Å². The van der Waals surface area contributed by atoms with Gasteiger partial charge >= 0.3 is 0 Å². The predicted molar refractivity (Wildman–Crippen MR) is 87.6 cm³/mol. The SMILES string of the molecule is COCCN(C(=O)CN(C)CCC(C)C)C1CCS(=O)(=O)C1. The summed E-state index contributed by atoms with van der Waals surface area (Å²) >= 11 is 0. The van der Waals surface area contributed by atoms with Crippen molar-refractivity contribution in [3.05, 3.63) is 0 Å². The molecule has 0 radical (unpaired) electrons. The Labute approximate surface area is 134 Å². The van der Waals surface area contributed by atoms with E-state index in [1.807, 2.05) is 11.9 Å². The summed E-state index contributed by atoms with van der Waals surface area (Å²) in [7, 11) is 0.520. The third-order valence-corrected chi connectivity index (χ3v) is 5.75. The quantitative estimate of drug-likeness (QED) is 0.619. The normalized spacial score (nSPS) is 20.7. The lowest BCUT2D eigenvalue weighted by atomic mass is 10.1. The third-order valence-electron chi connectivity index (χ3n) is 4.00. The lowest BCUT2D eigenvalue weighted by molar-refractivity contribution is -0.134. The first-order valence-electron chi connectivity index (χ1n) is 7.92. The van der Waals surface area contributed by atoms with Crippen molar-refractivity contribution >= 4 is 15.7 Å². The maximum atomic E-state index is 12.5. The molecule has 0 aromatic carbocycles. The number of nitrogens with zero attached hydrogens (tertiary/aromatic N) is 2. The molecule has 1 heterocycles. The molecule has 1 amide bonds. The molecule has 0 aliphatic carbocycles. The molecule has 0 saturated carbocycles. The molecule has 0 bridgehead atoms. The van der Waals surface area contributed by atoms with Crippen LogP contribution < -0.4 is 0 Å². The van der Waals surface area contributed by atoms with Gasteiger partial charge in [0.25, 0.3) is 0 Å². The predicted octanol–water partition coefficient (Wildman–Crippen LogP) is 0.626. The van der Waals surface area contributed by atoms with Crippen molar-refractivity contribution in [2.24, 2.45) is 5.92 Å². The highest BCUT2D eigenvalue weighted by molar-refractivity contribution is 7.91. The third kappa shape index (κ3) is 6.62. The first-order chi connectivity index (χ1) is 10.2. The monoisotopic (exact) mass is 334 g/mol. The van der Waals surface area contributed by atoms with E-state index in [1.165, 1.54) is 0 Å². The van der Waals surface area contributed by atoms with Gasteiger partial charge in [-0.2, -0.15) is 0 Å². The first kappa shape index (κ1) is 19.4. The van der Waals surface area contributed by atoms with Gasteiger partial charge in [-0.25, -0.2) is 8.42 Å². The van der Waals surface area contributed by atoms with E-state index in [0.29, 0.717) is 32.0 Å². The molecular formula is C15H30N2O4S. The van der Waals surface area contributed by atoms with Crippen molar-refractivity contribution < 1.29 is 17.9 Å². The highest BCUT2D eigenvalue weighted by Crippen LogP contribution is 2.18. The zero-order chi connectivity index (χ0) is 16.8. The Balaban J connectivity index is 2.60. The van der Waals surface area contributed by atoms with Gasteiger partial charge in [-0.05, 0) is 32.4 Å². The van der Waals surface area contributed by atoms with E-state index in [1.54, 1.807) is 12.0 Å². The van der Waals surface area contributed by atoms with Crippen LogP contribution in [0.4, 0.5) is 0 Å². The zero-order valence-electron chi connectivity index (χ0n) is 14.2. The van der Waals surface area contributed by atoms with E-state index in [-0.39, 0.29) is 23.5 Å². The van der Waals surface area contributed by atoms with Crippen LogP contribution in [0.25, 0.3) is 0 Å². The summed E-state index contributed by atoms with van der Waals surface area (Å²) in [6.07, 6.45) is 1.58. The molecule has 6 nitrogen and oxygen atoms in total. The smallest absolute Gasteiger partial charge is 0.237 e. The van der Waals surface area contributed by atoms with Crippen molar-refractivity contribution in [2.45, 2.75) is 32.7 Å². The molecule has 1 saturated heterocycles. The summed E-state index contributed by atoms with van der Waals surface area (Å²) in [6.45, 7) is 6.39. The van der Waals surface area contributed by atoms with Gasteiger partial charge in [0.1, 0.15) is 0 Å². The number of rotatable bonds is 9. The standard InChI is InChI=1S/C15H30N2O4S/c1-13(2)5-7-16(3)11-15(18)17(8-9-21-4)14-6-10-22(19,20)12-14/h13-14H,5-12H2,1-4H3. The number of carbonyl (C=O) groups excluding carboxylic acids is 1. The fourth-order valence-corrected chi connectivity index (χ4v) is 4.33. The molecule has 1 fully saturated rings. The zero-order valence-corrected chi connectivity index (χ0v) is 15.1. The summed E-state index contributed by atoms with van der Waals surface area (Å²) in [5.41, 5.74) is 0. The van der Waals surface area contributed by atoms with Crippen molar-refractivity contribution in [1.29, 1.82) is 0 Å². The van der Waals surface area contributed by atoms with Crippen LogP contribution in [-0.4, -0.2) is 82.1 Å². The minimum atomic E-state index is -3.00. The Morgan fingerprint density at radius 3 is 2.50 bits per heavy atom. The second-order valence-electron chi connectivity index (χ2n) is 6.56. The molecule has 130 valence electrons. The number of hydrogen-bond acceptors (Lipinski definition) is 5. The summed E-state index contributed by atoms with van der Waals surface area (Å²) in [5.74, 6) is 0.850. The van der Waals surface area contributed by atoms with Gasteiger partial charge < -0.3 is 9.64 Å². The molecule has 1 aliphatic rings. The summed E-state index contributed by atoms with van der Waals surface area (Å²) < 4.78 is 28.4. The molecule has 0 aromatic rings. The van der Waals surface area contributed by atoms with Gasteiger partial charge in [-0.15, -0.1) is 0 Å². The summed E-state index contributed by atoms with van der Waals surface area (Å²) in [4.78, 5) is 16.2.